The van der Waals surface area contributed by atoms with Crippen LogP contribution in [0.15, 0.2) is 30.3 Å². The molecular formula is C26H39FO7. The Bertz CT molecular complexity index is 759. The van der Waals surface area contributed by atoms with Gasteiger partial charge in [0.15, 0.2) is 5.79 Å². The summed E-state index contributed by atoms with van der Waals surface area (Å²) in [6, 6.07) is 9.13. The molecule has 2 fully saturated rings. The van der Waals surface area contributed by atoms with Crippen LogP contribution in [0.2, 0.25) is 0 Å². The zero-order valence-electron chi connectivity index (χ0n) is 20.8. The van der Waals surface area contributed by atoms with E-state index in [1.807, 2.05) is 18.2 Å². The van der Waals surface area contributed by atoms with Crippen LogP contribution in [0.5, 0.6) is 0 Å². The number of carbonyl (C=O) groups excluding carboxylic acids is 1. The number of ether oxygens (including phenoxy) is 6. The zero-order valence-corrected chi connectivity index (χ0v) is 20.8. The van der Waals surface area contributed by atoms with Gasteiger partial charge >= 0.3 is 11.8 Å². The van der Waals surface area contributed by atoms with Gasteiger partial charge in [0, 0.05) is 19.6 Å². The number of benzene rings is 1. The van der Waals surface area contributed by atoms with Crippen molar-refractivity contribution in [2.75, 3.05) is 19.8 Å². The molecule has 0 bridgehead atoms. The van der Waals surface area contributed by atoms with Crippen LogP contribution in [0.1, 0.15) is 65.4 Å². The maximum atomic E-state index is 16.1. The van der Waals surface area contributed by atoms with Crippen LogP contribution in [-0.2, 0) is 39.8 Å². The number of halogens is 1. The summed E-state index contributed by atoms with van der Waals surface area (Å²) in [7, 11) is 0. The molecule has 2 heterocycles. The number of rotatable bonds is 13. The number of hydrogen-bond acceptors (Lipinski definition) is 7. The van der Waals surface area contributed by atoms with Crippen LogP contribution < -0.4 is 0 Å². The molecule has 34 heavy (non-hydrogen) atoms. The molecule has 8 heteroatoms. The average Bonchev–Trinajstić information content (AvgIpc) is 3.12. The van der Waals surface area contributed by atoms with E-state index < -0.39 is 42.0 Å². The Balaban J connectivity index is 1.76. The Hall–Kier alpha value is -1.58. The lowest BCUT2D eigenvalue weighted by Crippen LogP contribution is -2.60. The second-order valence-electron chi connectivity index (χ2n) is 9.41. The van der Waals surface area contributed by atoms with Gasteiger partial charge in [0.25, 0.3) is 0 Å². The van der Waals surface area contributed by atoms with Gasteiger partial charge in [0.05, 0.1) is 12.7 Å². The maximum absolute atomic E-state index is 16.1. The van der Waals surface area contributed by atoms with Crippen molar-refractivity contribution < 1.29 is 37.6 Å². The third-order valence-corrected chi connectivity index (χ3v) is 5.97. The van der Waals surface area contributed by atoms with Gasteiger partial charge in [-0.05, 0) is 32.3 Å². The summed E-state index contributed by atoms with van der Waals surface area (Å²) in [5, 5.41) is 0. The molecule has 0 amide bonds. The minimum atomic E-state index is -2.68. The summed E-state index contributed by atoms with van der Waals surface area (Å²) >= 11 is 0. The van der Waals surface area contributed by atoms with Crippen LogP contribution in [0.25, 0.3) is 0 Å². The summed E-state index contributed by atoms with van der Waals surface area (Å²) in [5.74, 6) is -4.69. The van der Waals surface area contributed by atoms with Crippen molar-refractivity contribution in [2.24, 2.45) is 0 Å². The van der Waals surface area contributed by atoms with Crippen LogP contribution in [0.3, 0.4) is 0 Å². The molecule has 0 aromatic heterocycles. The minimum absolute atomic E-state index is 0.0487. The van der Waals surface area contributed by atoms with Gasteiger partial charge in [0.2, 0.25) is 0 Å². The smallest absolute Gasteiger partial charge is 0.372 e. The lowest BCUT2D eigenvalue weighted by atomic mass is 9.93. The summed E-state index contributed by atoms with van der Waals surface area (Å²) in [4.78, 5) is 12.9. The van der Waals surface area contributed by atoms with E-state index in [1.165, 1.54) is 0 Å². The van der Waals surface area contributed by atoms with Gasteiger partial charge < -0.3 is 28.4 Å². The predicted molar refractivity (Wildman–Crippen MR) is 124 cm³/mol. The van der Waals surface area contributed by atoms with Gasteiger partial charge in [-0.3, -0.25) is 0 Å². The minimum Gasteiger partial charge on any atom is -0.457 e. The second-order valence-corrected chi connectivity index (χ2v) is 9.41. The quantitative estimate of drug-likeness (QED) is 0.298. The lowest BCUT2D eigenvalue weighted by Gasteiger charge is -2.41. The molecule has 2 aliphatic rings. The van der Waals surface area contributed by atoms with E-state index in [4.69, 9.17) is 28.4 Å². The highest BCUT2D eigenvalue weighted by Gasteiger charge is 2.61. The number of fused-ring (bicyclic) bond motifs is 1. The number of carbonyl (C=O) groups is 1. The first-order valence-electron chi connectivity index (χ1n) is 12.4. The molecule has 192 valence electrons. The molecule has 2 unspecified atom stereocenters. The van der Waals surface area contributed by atoms with Crippen molar-refractivity contribution in [3.8, 4) is 0 Å². The summed E-state index contributed by atoms with van der Waals surface area (Å²) in [6.07, 6.45) is 0.588. The number of hydrogen-bond donors (Lipinski definition) is 0. The van der Waals surface area contributed by atoms with Crippen LogP contribution in [0, 0.1) is 0 Å². The standard InChI is InChI=1S/C26H39FO7/c1-5-7-14-29-18-21(30-15-8-6-2)23-22-20(32-25(3,4)33-22)16-26(27,34-23)24(28)31-17-19-12-10-9-11-13-19/h9-13,20-23H,5-8,14-18H2,1-4H3/t20-,21-,22-,23?,26?/m1/s1. The summed E-state index contributed by atoms with van der Waals surface area (Å²) in [5.41, 5.74) is 0.761. The number of unbranched alkanes of at least 4 members (excludes halogenated alkanes) is 2. The van der Waals surface area contributed by atoms with Crippen molar-refractivity contribution >= 4 is 5.97 Å². The topological polar surface area (TPSA) is 72.5 Å². The molecule has 0 spiro atoms. The van der Waals surface area contributed by atoms with Gasteiger partial charge in [-0.15, -0.1) is 0 Å². The monoisotopic (exact) mass is 482 g/mol. The van der Waals surface area contributed by atoms with Crippen molar-refractivity contribution in [3.63, 3.8) is 0 Å². The second kappa shape index (κ2) is 12.4. The van der Waals surface area contributed by atoms with Gasteiger partial charge in [-0.25, -0.2) is 4.79 Å². The molecular weight excluding hydrogens is 443 g/mol. The largest absolute Gasteiger partial charge is 0.457 e. The Kier molecular flexibility index (Phi) is 9.85. The third kappa shape index (κ3) is 7.21. The number of esters is 1. The highest BCUT2D eigenvalue weighted by atomic mass is 19.2. The molecule has 0 N–H and O–H groups in total. The molecule has 1 aromatic carbocycles. The fourth-order valence-corrected chi connectivity index (χ4v) is 4.20. The average molecular weight is 483 g/mol. The highest BCUT2D eigenvalue weighted by Crippen LogP contribution is 2.43. The molecule has 7 nitrogen and oxygen atoms in total. The van der Waals surface area contributed by atoms with E-state index in [9.17, 15) is 4.79 Å². The van der Waals surface area contributed by atoms with Crippen molar-refractivity contribution in [1.82, 2.24) is 0 Å². The molecule has 0 radical (unpaired) electrons. The van der Waals surface area contributed by atoms with E-state index in [-0.39, 0.29) is 19.6 Å². The normalized spacial score (nSPS) is 28.9. The first-order chi connectivity index (χ1) is 16.3. The molecule has 3 rings (SSSR count). The maximum Gasteiger partial charge on any atom is 0.372 e. The van der Waals surface area contributed by atoms with E-state index in [0.717, 1.165) is 31.2 Å². The Morgan fingerprint density at radius 1 is 1.09 bits per heavy atom. The molecule has 0 saturated carbocycles. The van der Waals surface area contributed by atoms with E-state index in [1.54, 1.807) is 26.0 Å². The highest BCUT2D eigenvalue weighted by molar-refractivity contribution is 5.78. The van der Waals surface area contributed by atoms with Crippen molar-refractivity contribution in [2.45, 2.75) is 102 Å². The van der Waals surface area contributed by atoms with Gasteiger partial charge in [-0.1, -0.05) is 57.0 Å². The SMILES string of the molecule is CCCCOC[C@@H](OCCCC)C1OC(F)(C(=O)OCc2ccccc2)C[C@H]2OC(C)(C)O[C@@H]12. The molecule has 2 aliphatic heterocycles. The van der Waals surface area contributed by atoms with Crippen LogP contribution in [0.4, 0.5) is 4.39 Å². The van der Waals surface area contributed by atoms with Crippen molar-refractivity contribution in [1.29, 1.82) is 0 Å². The zero-order chi connectivity index (χ0) is 24.6. The van der Waals surface area contributed by atoms with E-state index in [2.05, 4.69) is 13.8 Å². The Labute approximate surface area is 202 Å². The lowest BCUT2D eigenvalue weighted by molar-refractivity contribution is -0.276. The fourth-order valence-electron chi connectivity index (χ4n) is 4.20. The predicted octanol–water partition coefficient (Wildman–Crippen LogP) is 4.71. The van der Waals surface area contributed by atoms with Crippen LogP contribution in [-0.4, -0.2) is 61.8 Å². The molecule has 2 saturated heterocycles. The first-order valence-corrected chi connectivity index (χ1v) is 12.4. The van der Waals surface area contributed by atoms with Gasteiger partial charge in [0.1, 0.15) is 24.9 Å². The molecule has 5 atom stereocenters. The molecule has 0 aliphatic carbocycles. The Morgan fingerprint density at radius 3 is 2.50 bits per heavy atom. The van der Waals surface area contributed by atoms with Gasteiger partial charge in [-0.2, -0.15) is 4.39 Å². The molecule has 1 aromatic rings. The fraction of sp³-hybridized carbons (Fsp3) is 0.731. The van der Waals surface area contributed by atoms with E-state index in [0.29, 0.717) is 13.2 Å². The first kappa shape index (κ1) is 27.0. The van der Waals surface area contributed by atoms with E-state index >= 15 is 4.39 Å². The third-order valence-electron chi connectivity index (χ3n) is 5.97. The number of alkyl halides is 1. The Morgan fingerprint density at radius 2 is 1.79 bits per heavy atom. The summed E-state index contributed by atoms with van der Waals surface area (Å²) in [6.45, 7) is 8.86. The summed E-state index contributed by atoms with van der Waals surface area (Å²) < 4.78 is 51.1. The van der Waals surface area contributed by atoms with Crippen LogP contribution >= 0.6 is 0 Å². The van der Waals surface area contributed by atoms with Crippen molar-refractivity contribution in [3.05, 3.63) is 35.9 Å².